The van der Waals surface area contributed by atoms with E-state index < -0.39 is 6.10 Å². The lowest BCUT2D eigenvalue weighted by Gasteiger charge is -2.30. The monoisotopic (exact) mass is 320 g/mol. The quantitative estimate of drug-likeness (QED) is 0.876. The first-order valence-corrected chi connectivity index (χ1v) is 6.65. The van der Waals surface area contributed by atoms with Crippen LogP contribution in [0.1, 0.15) is 19.4 Å². The highest BCUT2D eigenvalue weighted by molar-refractivity contribution is 6.30. The molecule has 20 heavy (non-hydrogen) atoms. The Hall–Kier alpha value is -0.810. The summed E-state index contributed by atoms with van der Waals surface area (Å²) >= 11 is 5.96. The smallest absolute Gasteiger partial charge is 0.253 e. The number of methoxy groups -OCH3 is 1. The molecule has 0 aliphatic rings. The van der Waals surface area contributed by atoms with Crippen molar-refractivity contribution in [2.45, 2.75) is 32.5 Å². The van der Waals surface area contributed by atoms with Gasteiger partial charge in [-0.25, -0.2) is 0 Å². The number of ether oxygens (including phenoxy) is 1. The summed E-state index contributed by atoms with van der Waals surface area (Å²) < 4.78 is 5.11. The molecule has 0 aliphatic carbocycles. The predicted molar refractivity (Wildman–Crippen MR) is 84.2 cm³/mol. The van der Waals surface area contributed by atoms with Crippen LogP contribution in [0, 0.1) is 0 Å². The Labute approximate surface area is 131 Å². The highest BCUT2D eigenvalue weighted by atomic mass is 35.5. The van der Waals surface area contributed by atoms with Crippen molar-refractivity contribution >= 4 is 29.9 Å². The molecular weight excluding hydrogens is 299 g/mol. The van der Waals surface area contributed by atoms with Crippen LogP contribution in [-0.2, 0) is 16.1 Å². The van der Waals surface area contributed by atoms with E-state index in [2.05, 4.69) is 0 Å². The maximum absolute atomic E-state index is 12.3. The Morgan fingerprint density at radius 1 is 1.45 bits per heavy atom. The Morgan fingerprint density at radius 2 is 2.10 bits per heavy atom. The second kappa shape index (κ2) is 9.19. The van der Waals surface area contributed by atoms with Crippen LogP contribution in [0.25, 0.3) is 0 Å². The highest BCUT2D eigenvalue weighted by Crippen LogP contribution is 2.15. The second-order valence-corrected chi connectivity index (χ2v) is 5.09. The number of halogens is 2. The first-order valence-electron chi connectivity index (χ1n) is 6.27. The van der Waals surface area contributed by atoms with Crippen molar-refractivity contribution in [1.82, 2.24) is 4.90 Å². The zero-order valence-corrected chi connectivity index (χ0v) is 13.6. The van der Waals surface area contributed by atoms with Gasteiger partial charge in [-0.15, -0.1) is 12.4 Å². The molecule has 1 rings (SSSR count). The normalized spacial score (nSPS) is 11.9. The van der Waals surface area contributed by atoms with Gasteiger partial charge in [0.2, 0.25) is 0 Å². The van der Waals surface area contributed by atoms with Gasteiger partial charge in [0.1, 0.15) is 6.10 Å². The number of carbonyl (C=O) groups excluding carboxylic acids is 1. The van der Waals surface area contributed by atoms with E-state index in [9.17, 15) is 4.79 Å². The third-order valence-corrected chi connectivity index (χ3v) is 3.16. The molecule has 2 N–H and O–H groups in total. The lowest BCUT2D eigenvalue weighted by molar-refractivity contribution is -0.143. The van der Waals surface area contributed by atoms with Crippen LogP contribution in [0.15, 0.2) is 24.3 Å². The summed E-state index contributed by atoms with van der Waals surface area (Å²) in [6.07, 6.45) is -0.596. The summed E-state index contributed by atoms with van der Waals surface area (Å²) in [4.78, 5) is 14.1. The molecule has 0 radical (unpaired) electrons. The molecule has 0 aliphatic heterocycles. The van der Waals surface area contributed by atoms with Gasteiger partial charge in [0.05, 0.1) is 0 Å². The Bertz CT molecular complexity index is 423. The largest absolute Gasteiger partial charge is 0.370 e. The molecule has 0 aromatic heterocycles. The molecule has 0 spiro atoms. The molecule has 0 saturated heterocycles. The molecular formula is C14H22Cl2N2O2. The standard InChI is InChI=1S/C14H21ClN2O2.ClH/c1-10(2)17(14(18)13(8-16)19-3)9-11-5-4-6-12(15)7-11;/h4-7,10,13H,8-9,16H2,1-3H3;1H. The molecule has 1 aromatic rings. The van der Waals surface area contributed by atoms with E-state index in [1.165, 1.54) is 7.11 Å². The minimum absolute atomic E-state index is 0. The molecule has 114 valence electrons. The number of hydrogen-bond acceptors (Lipinski definition) is 3. The third-order valence-electron chi connectivity index (χ3n) is 2.92. The maximum Gasteiger partial charge on any atom is 0.253 e. The maximum atomic E-state index is 12.3. The van der Waals surface area contributed by atoms with Gasteiger partial charge >= 0.3 is 0 Å². The van der Waals surface area contributed by atoms with Crippen molar-refractivity contribution in [3.05, 3.63) is 34.9 Å². The predicted octanol–water partition coefficient (Wildman–Crippen LogP) is 2.47. The summed E-state index contributed by atoms with van der Waals surface area (Å²) in [6.45, 7) is 4.60. The van der Waals surface area contributed by atoms with Crippen molar-refractivity contribution < 1.29 is 9.53 Å². The molecule has 4 nitrogen and oxygen atoms in total. The SMILES string of the molecule is COC(CN)C(=O)N(Cc1cccc(Cl)c1)C(C)C.Cl. The minimum atomic E-state index is -0.596. The van der Waals surface area contributed by atoms with E-state index >= 15 is 0 Å². The molecule has 0 saturated carbocycles. The average molecular weight is 321 g/mol. The summed E-state index contributed by atoms with van der Waals surface area (Å²) in [5.74, 6) is -0.0972. The fraction of sp³-hybridized carbons (Fsp3) is 0.500. The van der Waals surface area contributed by atoms with Gasteiger partial charge in [-0.1, -0.05) is 23.7 Å². The van der Waals surface area contributed by atoms with Gasteiger partial charge in [-0.3, -0.25) is 4.79 Å². The number of benzene rings is 1. The van der Waals surface area contributed by atoms with E-state index in [1.807, 2.05) is 38.1 Å². The molecule has 0 fully saturated rings. The zero-order valence-electron chi connectivity index (χ0n) is 12.0. The van der Waals surface area contributed by atoms with Gasteiger partial charge in [0.25, 0.3) is 5.91 Å². The number of nitrogens with two attached hydrogens (primary N) is 1. The molecule has 6 heteroatoms. The van der Waals surface area contributed by atoms with Crippen molar-refractivity contribution in [1.29, 1.82) is 0 Å². The Kier molecular flexibility index (Phi) is 8.81. The van der Waals surface area contributed by atoms with Crippen molar-refractivity contribution in [3.63, 3.8) is 0 Å². The number of carbonyl (C=O) groups is 1. The second-order valence-electron chi connectivity index (χ2n) is 4.65. The van der Waals surface area contributed by atoms with E-state index in [1.54, 1.807) is 4.90 Å². The van der Waals surface area contributed by atoms with Gasteiger partial charge in [-0.05, 0) is 31.5 Å². The van der Waals surface area contributed by atoms with Crippen LogP contribution < -0.4 is 5.73 Å². The zero-order chi connectivity index (χ0) is 14.4. The summed E-state index contributed by atoms with van der Waals surface area (Å²) in [6, 6.07) is 7.55. The number of amides is 1. The van der Waals surface area contributed by atoms with Crippen molar-refractivity contribution in [3.8, 4) is 0 Å². The van der Waals surface area contributed by atoms with Crippen molar-refractivity contribution in [2.24, 2.45) is 5.73 Å². The van der Waals surface area contributed by atoms with Crippen LogP contribution >= 0.6 is 24.0 Å². The van der Waals surface area contributed by atoms with Crippen molar-refractivity contribution in [2.75, 3.05) is 13.7 Å². The van der Waals surface area contributed by atoms with E-state index in [4.69, 9.17) is 22.1 Å². The highest BCUT2D eigenvalue weighted by Gasteiger charge is 2.25. The van der Waals surface area contributed by atoms with Crippen LogP contribution in [-0.4, -0.2) is 36.6 Å². The first-order chi connectivity index (χ1) is 8.99. The molecule has 1 atom stereocenters. The lowest BCUT2D eigenvalue weighted by atomic mass is 10.1. The first kappa shape index (κ1) is 19.2. The molecule has 1 unspecified atom stereocenters. The fourth-order valence-electron chi connectivity index (χ4n) is 1.83. The lowest BCUT2D eigenvalue weighted by Crippen LogP contribution is -2.46. The van der Waals surface area contributed by atoms with Gasteiger partial charge < -0.3 is 15.4 Å². The van der Waals surface area contributed by atoms with E-state index in [0.717, 1.165) is 5.56 Å². The Morgan fingerprint density at radius 3 is 2.55 bits per heavy atom. The van der Waals surface area contributed by atoms with Crippen LogP contribution in [0.5, 0.6) is 0 Å². The number of nitrogens with zero attached hydrogens (tertiary/aromatic N) is 1. The van der Waals surface area contributed by atoms with Gasteiger partial charge in [0.15, 0.2) is 0 Å². The average Bonchev–Trinajstić information content (AvgIpc) is 2.37. The van der Waals surface area contributed by atoms with E-state index in [-0.39, 0.29) is 30.9 Å². The number of hydrogen-bond donors (Lipinski definition) is 1. The van der Waals surface area contributed by atoms with Gasteiger partial charge in [-0.2, -0.15) is 0 Å². The van der Waals surface area contributed by atoms with E-state index in [0.29, 0.717) is 11.6 Å². The van der Waals surface area contributed by atoms with Gasteiger partial charge in [0, 0.05) is 31.3 Å². The fourth-order valence-corrected chi connectivity index (χ4v) is 2.04. The molecule has 1 amide bonds. The summed E-state index contributed by atoms with van der Waals surface area (Å²) in [5.41, 5.74) is 6.53. The topological polar surface area (TPSA) is 55.6 Å². The molecule has 1 aromatic carbocycles. The number of rotatable bonds is 6. The third kappa shape index (κ3) is 5.29. The minimum Gasteiger partial charge on any atom is -0.370 e. The summed E-state index contributed by atoms with van der Waals surface area (Å²) in [5, 5.41) is 0.663. The molecule has 0 heterocycles. The summed E-state index contributed by atoms with van der Waals surface area (Å²) in [7, 11) is 1.49. The Balaban J connectivity index is 0.00000361. The molecule has 0 bridgehead atoms. The van der Waals surface area contributed by atoms with Crippen LogP contribution in [0.2, 0.25) is 5.02 Å². The van der Waals surface area contributed by atoms with Crippen LogP contribution in [0.4, 0.5) is 0 Å². The van der Waals surface area contributed by atoms with Crippen LogP contribution in [0.3, 0.4) is 0 Å².